The summed E-state index contributed by atoms with van der Waals surface area (Å²) in [7, 11) is -3.28. The molecule has 1 amide bonds. The fourth-order valence-electron chi connectivity index (χ4n) is 2.11. The Morgan fingerprint density at radius 3 is 2.43 bits per heavy atom. The second kappa shape index (κ2) is 7.56. The number of nitrogens with one attached hydrogen (secondary N) is 1. The highest BCUT2D eigenvalue weighted by atomic mass is 32.2. The van der Waals surface area contributed by atoms with Gasteiger partial charge in [-0.1, -0.05) is 24.3 Å². The van der Waals surface area contributed by atoms with Gasteiger partial charge in [-0.05, 0) is 31.9 Å². The molecule has 118 valence electrons. The molecular weight excluding hydrogens is 288 g/mol. The van der Waals surface area contributed by atoms with E-state index in [-0.39, 0.29) is 24.9 Å². The van der Waals surface area contributed by atoms with E-state index in [0.29, 0.717) is 6.54 Å². The van der Waals surface area contributed by atoms with Gasteiger partial charge in [-0.3, -0.25) is 4.79 Å². The van der Waals surface area contributed by atoms with Crippen LogP contribution in [0.5, 0.6) is 0 Å². The Kier molecular flexibility index (Phi) is 6.36. The molecule has 0 saturated carbocycles. The summed E-state index contributed by atoms with van der Waals surface area (Å²) in [6.07, 6.45) is 1.33. The first kappa shape index (κ1) is 17.7. The second-order valence-corrected chi connectivity index (χ2v) is 7.36. The molecule has 5 nitrogen and oxygen atoms in total. The molecule has 0 unspecified atom stereocenters. The largest absolute Gasteiger partial charge is 0.352 e. The molecule has 0 heterocycles. The average Bonchev–Trinajstić information content (AvgIpc) is 2.36. The molecule has 0 spiro atoms. The molecule has 1 N–H and O–H groups in total. The van der Waals surface area contributed by atoms with Crippen LogP contribution in [0.25, 0.3) is 0 Å². The van der Waals surface area contributed by atoms with Gasteiger partial charge in [-0.15, -0.1) is 0 Å². The van der Waals surface area contributed by atoms with Crippen molar-refractivity contribution in [1.82, 2.24) is 9.62 Å². The van der Waals surface area contributed by atoms with Gasteiger partial charge in [0.25, 0.3) is 0 Å². The molecule has 0 fully saturated rings. The minimum Gasteiger partial charge on any atom is -0.352 e. The van der Waals surface area contributed by atoms with Crippen LogP contribution in [0.15, 0.2) is 24.3 Å². The van der Waals surface area contributed by atoms with Crippen molar-refractivity contribution in [2.24, 2.45) is 0 Å². The number of benzene rings is 1. The molecule has 1 rings (SSSR count). The van der Waals surface area contributed by atoms with Gasteiger partial charge in [0.05, 0.1) is 6.26 Å². The Morgan fingerprint density at radius 2 is 1.90 bits per heavy atom. The minimum atomic E-state index is -3.28. The number of hydrogen-bond acceptors (Lipinski definition) is 3. The van der Waals surface area contributed by atoms with Crippen LogP contribution < -0.4 is 5.32 Å². The zero-order valence-electron chi connectivity index (χ0n) is 13.1. The molecule has 0 saturated heterocycles. The van der Waals surface area contributed by atoms with E-state index in [2.05, 4.69) is 5.32 Å². The standard InChI is InChI=1S/C15H24N2O3S/c1-12(2)17(21(4,19)20)10-9-15(18)16-11-14-8-6-5-7-13(14)3/h5-8,12H,9-11H2,1-4H3,(H,16,18). The molecule has 0 radical (unpaired) electrons. The maximum absolute atomic E-state index is 11.8. The topological polar surface area (TPSA) is 66.5 Å². The molecule has 6 heteroatoms. The quantitative estimate of drug-likeness (QED) is 0.833. The van der Waals surface area contributed by atoms with Crippen molar-refractivity contribution in [3.8, 4) is 0 Å². The summed E-state index contributed by atoms with van der Waals surface area (Å²) in [5.41, 5.74) is 2.19. The molecule has 0 aromatic heterocycles. The lowest BCUT2D eigenvalue weighted by Gasteiger charge is -2.23. The summed E-state index contributed by atoms with van der Waals surface area (Å²) in [6, 6.07) is 7.69. The van der Waals surface area contributed by atoms with E-state index in [1.807, 2.05) is 31.2 Å². The predicted molar refractivity (Wildman–Crippen MR) is 84.3 cm³/mol. The first-order valence-electron chi connectivity index (χ1n) is 7.00. The number of carbonyl (C=O) groups excluding carboxylic acids is 1. The number of hydrogen-bond donors (Lipinski definition) is 1. The van der Waals surface area contributed by atoms with Gasteiger partial charge in [0.15, 0.2) is 0 Å². The molecular formula is C15H24N2O3S. The lowest BCUT2D eigenvalue weighted by molar-refractivity contribution is -0.121. The maximum atomic E-state index is 11.8. The molecule has 0 aliphatic carbocycles. The first-order chi connectivity index (χ1) is 9.71. The Labute approximate surface area is 127 Å². The zero-order chi connectivity index (χ0) is 16.0. The fourth-order valence-corrected chi connectivity index (χ4v) is 3.30. The monoisotopic (exact) mass is 312 g/mol. The number of sulfonamides is 1. The normalized spacial score (nSPS) is 11.9. The highest BCUT2D eigenvalue weighted by Crippen LogP contribution is 2.08. The van der Waals surface area contributed by atoms with Crippen LogP contribution in [0, 0.1) is 6.92 Å². The zero-order valence-corrected chi connectivity index (χ0v) is 13.9. The molecule has 1 aromatic carbocycles. The van der Waals surface area contributed by atoms with Crippen molar-refractivity contribution in [2.75, 3.05) is 12.8 Å². The summed E-state index contributed by atoms with van der Waals surface area (Å²) in [6.45, 7) is 6.26. The van der Waals surface area contributed by atoms with E-state index < -0.39 is 10.0 Å². The number of nitrogens with zero attached hydrogens (tertiary/aromatic N) is 1. The number of rotatable bonds is 7. The highest BCUT2D eigenvalue weighted by Gasteiger charge is 2.20. The van der Waals surface area contributed by atoms with Gasteiger partial charge < -0.3 is 5.32 Å². The van der Waals surface area contributed by atoms with Crippen LogP contribution in [-0.2, 0) is 21.4 Å². The number of amides is 1. The Hall–Kier alpha value is -1.40. The average molecular weight is 312 g/mol. The number of carbonyl (C=O) groups is 1. The smallest absolute Gasteiger partial charge is 0.221 e. The summed E-state index contributed by atoms with van der Waals surface area (Å²) in [5, 5.41) is 2.83. The van der Waals surface area contributed by atoms with Crippen molar-refractivity contribution < 1.29 is 13.2 Å². The van der Waals surface area contributed by atoms with Crippen LogP contribution >= 0.6 is 0 Å². The van der Waals surface area contributed by atoms with Gasteiger partial charge in [-0.25, -0.2) is 8.42 Å². The second-order valence-electron chi connectivity index (χ2n) is 5.42. The van der Waals surface area contributed by atoms with Crippen molar-refractivity contribution >= 4 is 15.9 Å². The van der Waals surface area contributed by atoms with Gasteiger partial charge in [0.1, 0.15) is 0 Å². The Balaban J connectivity index is 2.49. The maximum Gasteiger partial charge on any atom is 0.221 e. The van der Waals surface area contributed by atoms with Crippen molar-refractivity contribution in [3.63, 3.8) is 0 Å². The van der Waals surface area contributed by atoms with Crippen LogP contribution in [-0.4, -0.2) is 37.5 Å². The fraction of sp³-hybridized carbons (Fsp3) is 0.533. The molecule has 0 aliphatic heterocycles. The van der Waals surface area contributed by atoms with Crippen molar-refractivity contribution in [3.05, 3.63) is 35.4 Å². The Morgan fingerprint density at radius 1 is 1.29 bits per heavy atom. The lowest BCUT2D eigenvalue weighted by atomic mass is 10.1. The SMILES string of the molecule is Cc1ccccc1CNC(=O)CCN(C(C)C)S(C)(=O)=O. The number of aryl methyl sites for hydroxylation is 1. The van der Waals surface area contributed by atoms with E-state index in [1.54, 1.807) is 13.8 Å². The van der Waals surface area contributed by atoms with E-state index in [4.69, 9.17) is 0 Å². The van der Waals surface area contributed by atoms with Crippen LogP contribution in [0.3, 0.4) is 0 Å². The molecule has 21 heavy (non-hydrogen) atoms. The van der Waals surface area contributed by atoms with Crippen LogP contribution in [0.4, 0.5) is 0 Å². The van der Waals surface area contributed by atoms with Crippen molar-refractivity contribution in [1.29, 1.82) is 0 Å². The van der Waals surface area contributed by atoms with E-state index >= 15 is 0 Å². The third kappa shape index (κ3) is 5.85. The highest BCUT2D eigenvalue weighted by molar-refractivity contribution is 7.88. The van der Waals surface area contributed by atoms with E-state index in [0.717, 1.165) is 17.4 Å². The van der Waals surface area contributed by atoms with Gasteiger partial charge in [0.2, 0.25) is 15.9 Å². The lowest BCUT2D eigenvalue weighted by Crippen LogP contribution is -2.39. The van der Waals surface area contributed by atoms with Crippen molar-refractivity contribution in [2.45, 2.75) is 39.8 Å². The molecule has 0 bridgehead atoms. The third-order valence-corrected chi connectivity index (χ3v) is 4.75. The van der Waals surface area contributed by atoms with Gasteiger partial charge in [0, 0.05) is 25.6 Å². The van der Waals surface area contributed by atoms with Crippen LogP contribution in [0.1, 0.15) is 31.4 Å². The van der Waals surface area contributed by atoms with Gasteiger partial charge in [-0.2, -0.15) is 4.31 Å². The molecule has 0 aliphatic rings. The first-order valence-corrected chi connectivity index (χ1v) is 8.84. The summed E-state index contributed by atoms with van der Waals surface area (Å²) in [4.78, 5) is 11.8. The molecule has 0 atom stereocenters. The minimum absolute atomic E-state index is 0.146. The van der Waals surface area contributed by atoms with E-state index in [9.17, 15) is 13.2 Å². The van der Waals surface area contributed by atoms with Crippen LogP contribution in [0.2, 0.25) is 0 Å². The summed E-state index contributed by atoms with van der Waals surface area (Å²) < 4.78 is 24.5. The third-order valence-electron chi connectivity index (χ3n) is 3.30. The summed E-state index contributed by atoms with van der Waals surface area (Å²) in [5.74, 6) is -0.146. The molecule has 1 aromatic rings. The van der Waals surface area contributed by atoms with Gasteiger partial charge >= 0.3 is 0 Å². The van der Waals surface area contributed by atoms with E-state index in [1.165, 1.54) is 4.31 Å². The predicted octanol–water partition coefficient (Wildman–Crippen LogP) is 1.67. The summed E-state index contributed by atoms with van der Waals surface area (Å²) >= 11 is 0. The Bertz CT molecular complexity index is 582.